The number of benzene rings is 1. The van der Waals surface area contributed by atoms with Crippen LogP contribution < -0.4 is 0 Å². The Hall–Kier alpha value is -0.870. The Kier molecular flexibility index (Phi) is 3.16. The first kappa shape index (κ1) is 11.2. The van der Waals surface area contributed by atoms with Crippen LogP contribution in [0.5, 0.6) is 0 Å². The molecule has 0 unspecified atom stereocenters. The topological polar surface area (TPSA) is 21.1 Å². The van der Waals surface area contributed by atoms with Crippen LogP contribution in [-0.2, 0) is 6.54 Å². The van der Waals surface area contributed by atoms with Gasteiger partial charge in [-0.1, -0.05) is 15.9 Å². The van der Waals surface area contributed by atoms with Gasteiger partial charge in [-0.25, -0.2) is 4.98 Å². The molecule has 2 heterocycles. The van der Waals surface area contributed by atoms with Crippen LogP contribution in [0.4, 0.5) is 0 Å². The van der Waals surface area contributed by atoms with Gasteiger partial charge in [0.15, 0.2) is 0 Å². The third-order valence-electron chi connectivity index (χ3n) is 3.44. The lowest BCUT2D eigenvalue weighted by Gasteiger charge is -2.14. The first-order valence-corrected chi connectivity index (χ1v) is 6.95. The lowest BCUT2D eigenvalue weighted by molar-refractivity contribution is 0.324. The van der Waals surface area contributed by atoms with Crippen molar-refractivity contribution in [3.8, 4) is 0 Å². The van der Waals surface area contributed by atoms with Crippen molar-refractivity contribution in [2.45, 2.75) is 19.4 Å². The zero-order chi connectivity index (χ0) is 11.7. The highest BCUT2D eigenvalue weighted by Gasteiger charge is 2.11. The molecule has 1 aromatic carbocycles. The fourth-order valence-electron chi connectivity index (χ4n) is 2.46. The van der Waals surface area contributed by atoms with Crippen molar-refractivity contribution in [3.63, 3.8) is 0 Å². The minimum atomic E-state index is 1.03. The molecule has 17 heavy (non-hydrogen) atoms. The second kappa shape index (κ2) is 4.78. The number of fused-ring (bicyclic) bond motifs is 1. The number of hydrogen-bond donors (Lipinski definition) is 0. The van der Waals surface area contributed by atoms with Crippen molar-refractivity contribution in [3.05, 3.63) is 29.0 Å². The van der Waals surface area contributed by atoms with Gasteiger partial charge in [-0.3, -0.25) is 0 Å². The average molecular weight is 294 g/mol. The van der Waals surface area contributed by atoms with Crippen LogP contribution in [-0.4, -0.2) is 34.1 Å². The van der Waals surface area contributed by atoms with Crippen LogP contribution in [0.2, 0.25) is 0 Å². The summed E-state index contributed by atoms with van der Waals surface area (Å²) in [4.78, 5) is 6.96. The van der Waals surface area contributed by atoms with Gasteiger partial charge in [0.2, 0.25) is 0 Å². The van der Waals surface area contributed by atoms with Gasteiger partial charge >= 0.3 is 0 Å². The van der Waals surface area contributed by atoms with Crippen molar-refractivity contribution in [2.24, 2.45) is 0 Å². The standard InChI is InChI=1S/C13H16BrN3/c14-11-3-4-12-13(9-11)17(10-15-12)8-7-16-5-1-2-6-16/h3-4,9-10H,1-2,5-8H2. The fourth-order valence-corrected chi connectivity index (χ4v) is 2.81. The van der Waals surface area contributed by atoms with E-state index in [4.69, 9.17) is 0 Å². The monoisotopic (exact) mass is 293 g/mol. The van der Waals surface area contributed by atoms with Crippen LogP contribution in [0.15, 0.2) is 29.0 Å². The SMILES string of the molecule is Brc1ccc2ncn(CCN3CCCC3)c2c1. The Morgan fingerprint density at radius 3 is 2.82 bits per heavy atom. The molecule has 0 N–H and O–H groups in total. The summed E-state index contributed by atoms with van der Waals surface area (Å²) in [5.41, 5.74) is 2.30. The van der Waals surface area contributed by atoms with Crippen LogP contribution in [0.1, 0.15) is 12.8 Å². The van der Waals surface area contributed by atoms with E-state index in [0.29, 0.717) is 0 Å². The Morgan fingerprint density at radius 1 is 1.18 bits per heavy atom. The summed E-state index contributed by atoms with van der Waals surface area (Å²) in [6, 6.07) is 6.25. The number of rotatable bonds is 3. The van der Waals surface area contributed by atoms with E-state index < -0.39 is 0 Å². The molecule has 90 valence electrons. The molecule has 2 aromatic rings. The molecule has 1 saturated heterocycles. The second-order valence-electron chi connectivity index (χ2n) is 4.62. The van der Waals surface area contributed by atoms with E-state index in [1.54, 1.807) is 0 Å². The highest BCUT2D eigenvalue weighted by atomic mass is 79.9. The van der Waals surface area contributed by atoms with Crippen LogP contribution in [0.3, 0.4) is 0 Å². The van der Waals surface area contributed by atoms with E-state index >= 15 is 0 Å². The lowest BCUT2D eigenvalue weighted by atomic mass is 10.3. The molecule has 1 fully saturated rings. The number of hydrogen-bond acceptors (Lipinski definition) is 2. The molecule has 3 rings (SSSR count). The Labute approximate surface area is 110 Å². The predicted octanol–water partition coefficient (Wildman–Crippen LogP) is 2.89. The first-order valence-electron chi connectivity index (χ1n) is 6.16. The quantitative estimate of drug-likeness (QED) is 0.868. The summed E-state index contributed by atoms with van der Waals surface area (Å²) in [5, 5.41) is 0. The number of likely N-dealkylation sites (tertiary alicyclic amines) is 1. The second-order valence-corrected chi connectivity index (χ2v) is 5.54. The van der Waals surface area contributed by atoms with Crippen LogP contribution in [0, 0.1) is 0 Å². The van der Waals surface area contributed by atoms with E-state index in [9.17, 15) is 0 Å². The summed E-state index contributed by atoms with van der Waals surface area (Å²) in [6.07, 6.45) is 4.67. The van der Waals surface area contributed by atoms with E-state index in [2.05, 4.69) is 42.5 Å². The normalized spacial score (nSPS) is 17.0. The summed E-state index contributed by atoms with van der Waals surface area (Å²) in [5.74, 6) is 0. The zero-order valence-electron chi connectivity index (χ0n) is 9.77. The van der Waals surface area contributed by atoms with Crippen LogP contribution in [0.25, 0.3) is 11.0 Å². The van der Waals surface area contributed by atoms with Crippen molar-refractivity contribution in [2.75, 3.05) is 19.6 Å². The van der Waals surface area contributed by atoms with Crippen molar-refractivity contribution in [1.82, 2.24) is 14.5 Å². The minimum absolute atomic E-state index is 1.03. The number of aromatic nitrogens is 2. The fraction of sp³-hybridized carbons (Fsp3) is 0.462. The molecule has 4 heteroatoms. The van der Waals surface area contributed by atoms with Crippen molar-refractivity contribution >= 4 is 27.0 Å². The van der Waals surface area contributed by atoms with Crippen molar-refractivity contribution in [1.29, 1.82) is 0 Å². The van der Waals surface area contributed by atoms with Crippen molar-refractivity contribution < 1.29 is 0 Å². The molecule has 0 atom stereocenters. The molecule has 1 aromatic heterocycles. The number of imidazole rings is 1. The molecular formula is C13H16BrN3. The third-order valence-corrected chi connectivity index (χ3v) is 3.93. The molecule has 0 aliphatic carbocycles. The lowest BCUT2D eigenvalue weighted by Crippen LogP contribution is -2.23. The highest BCUT2D eigenvalue weighted by Crippen LogP contribution is 2.19. The Balaban J connectivity index is 1.77. The number of nitrogens with zero attached hydrogens (tertiary/aromatic N) is 3. The maximum Gasteiger partial charge on any atom is 0.0958 e. The van der Waals surface area contributed by atoms with Gasteiger partial charge in [-0.05, 0) is 44.1 Å². The molecule has 0 amide bonds. The summed E-state index contributed by atoms with van der Waals surface area (Å²) >= 11 is 3.52. The molecule has 1 aliphatic rings. The van der Waals surface area contributed by atoms with Gasteiger partial charge in [0, 0.05) is 17.6 Å². The van der Waals surface area contributed by atoms with Crippen LogP contribution >= 0.6 is 15.9 Å². The summed E-state index contributed by atoms with van der Waals surface area (Å²) < 4.78 is 3.37. The highest BCUT2D eigenvalue weighted by molar-refractivity contribution is 9.10. The van der Waals surface area contributed by atoms with Gasteiger partial charge in [-0.2, -0.15) is 0 Å². The predicted molar refractivity (Wildman–Crippen MR) is 73.1 cm³/mol. The van der Waals surface area contributed by atoms with Gasteiger partial charge < -0.3 is 9.47 Å². The van der Waals surface area contributed by atoms with Gasteiger partial charge in [0.05, 0.1) is 17.4 Å². The van der Waals surface area contributed by atoms with Gasteiger partial charge in [-0.15, -0.1) is 0 Å². The maximum absolute atomic E-state index is 4.43. The minimum Gasteiger partial charge on any atom is -0.329 e. The third kappa shape index (κ3) is 2.38. The molecule has 3 nitrogen and oxygen atoms in total. The molecule has 0 saturated carbocycles. The smallest absolute Gasteiger partial charge is 0.0958 e. The van der Waals surface area contributed by atoms with Gasteiger partial charge in [0.25, 0.3) is 0 Å². The molecule has 1 aliphatic heterocycles. The first-order chi connectivity index (χ1) is 8.33. The summed E-state index contributed by atoms with van der Waals surface area (Å²) in [7, 11) is 0. The molecule has 0 spiro atoms. The Morgan fingerprint density at radius 2 is 2.00 bits per heavy atom. The Bertz CT molecular complexity index is 514. The summed E-state index contributed by atoms with van der Waals surface area (Å²) in [6.45, 7) is 4.69. The zero-order valence-corrected chi connectivity index (χ0v) is 11.4. The van der Waals surface area contributed by atoms with Gasteiger partial charge in [0.1, 0.15) is 0 Å². The largest absolute Gasteiger partial charge is 0.329 e. The molecular weight excluding hydrogens is 278 g/mol. The van der Waals surface area contributed by atoms with E-state index in [-0.39, 0.29) is 0 Å². The number of halogens is 1. The molecule has 0 radical (unpaired) electrons. The average Bonchev–Trinajstić information content (AvgIpc) is 2.94. The maximum atomic E-state index is 4.43. The van der Waals surface area contributed by atoms with E-state index in [1.165, 1.54) is 31.4 Å². The van der Waals surface area contributed by atoms with E-state index in [1.807, 2.05) is 12.4 Å². The van der Waals surface area contributed by atoms with E-state index in [0.717, 1.165) is 23.1 Å². The molecule has 0 bridgehead atoms.